The maximum absolute atomic E-state index is 11.9. The number of carbonyl (C=O) groups is 2. The van der Waals surface area contributed by atoms with Crippen LogP contribution in [0.15, 0.2) is 91.0 Å². The van der Waals surface area contributed by atoms with Crippen LogP contribution in [0.3, 0.4) is 0 Å². The summed E-state index contributed by atoms with van der Waals surface area (Å²) < 4.78 is 5.29. The molecule has 3 N–H and O–H groups in total. The van der Waals surface area contributed by atoms with Crippen LogP contribution in [0.2, 0.25) is 0 Å². The van der Waals surface area contributed by atoms with Gasteiger partial charge in [-0.25, -0.2) is 0 Å². The van der Waals surface area contributed by atoms with Crippen LogP contribution in [0.4, 0.5) is 0 Å². The van der Waals surface area contributed by atoms with Gasteiger partial charge >= 0.3 is 5.97 Å². The quantitative estimate of drug-likeness (QED) is 0.143. The van der Waals surface area contributed by atoms with E-state index in [1.165, 1.54) is 15.9 Å². The smallest absolute Gasteiger partial charge is 0.325 e. The third-order valence-corrected chi connectivity index (χ3v) is 10.9. The molecule has 0 fully saturated rings. The van der Waals surface area contributed by atoms with Crippen molar-refractivity contribution >= 4 is 47.7 Å². The topological polar surface area (TPSA) is 81.4 Å². The first-order valence-electron chi connectivity index (χ1n) is 11.9. The molecule has 35 heavy (non-hydrogen) atoms. The summed E-state index contributed by atoms with van der Waals surface area (Å²) >= 11 is 3.98. The average molecular weight is 510 g/mol. The van der Waals surface area contributed by atoms with Crippen molar-refractivity contribution < 1.29 is 14.3 Å². The lowest BCUT2D eigenvalue weighted by Crippen LogP contribution is -2.43. The van der Waals surface area contributed by atoms with Crippen LogP contribution in [0.1, 0.15) is 19.3 Å². The van der Waals surface area contributed by atoms with E-state index in [4.69, 9.17) is 10.5 Å². The molecule has 0 aromatic heterocycles. The lowest BCUT2D eigenvalue weighted by molar-refractivity contribution is -0.144. The summed E-state index contributed by atoms with van der Waals surface area (Å²) in [4.78, 5) is 23.6. The number of ether oxygens (including phenoxy) is 1. The zero-order valence-electron chi connectivity index (χ0n) is 19.9. The fourth-order valence-corrected chi connectivity index (χ4v) is 8.70. The molecule has 3 rings (SSSR count). The first-order chi connectivity index (χ1) is 17.1. The number of esters is 1. The molecule has 0 aliphatic heterocycles. The highest BCUT2D eigenvalue weighted by Gasteiger charge is 2.44. The van der Waals surface area contributed by atoms with Crippen LogP contribution >= 0.6 is 19.9 Å². The summed E-state index contributed by atoms with van der Waals surface area (Å²) in [5.41, 5.74) is 5.58. The van der Waals surface area contributed by atoms with E-state index in [1.54, 1.807) is 0 Å². The van der Waals surface area contributed by atoms with Gasteiger partial charge < -0.3 is 15.8 Å². The predicted octanol–water partition coefficient (Wildman–Crippen LogP) is 3.07. The van der Waals surface area contributed by atoms with Crippen molar-refractivity contribution in [2.75, 3.05) is 25.1 Å². The number of benzene rings is 3. The predicted molar refractivity (Wildman–Crippen MR) is 150 cm³/mol. The summed E-state index contributed by atoms with van der Waals surface area (Å²) in [5, 5.41) is 6.60. The number of carbonyl (C=O) groups excluding carboxylic acids is 2. The highest BCUT2D eigenvalue weighted by molar-refractivity contribution is 7.95. The zero-order valence-corrected chi connectivity index (χ0v) is 21.7. The Bertz CT molecular complexity index is 955. The average Bonchev–Trinajstić information content (AvgIpc) is 2.92. The molecule has 0 aliphatic rings. The van der Waals surface area contributed by atoms with Crippen LogP contribution in [0.25, 0.3) is 0 Å². The van der Waals surface area contributed by atoms with E-state index in [1.807, 2.05) is 0 Å². The second kappa shape index (κ2) is 14.0. The maximum Gasteiger partial charge on any atom is 0.325 e. The lowest BCUT2D eigenvalue weighted by Gasteiger charge is -2.27. The van der Waals surface area contributed by atoms with E-state index in [0.717, 1.165) is 25.4 Å². The molecule has 0 spiro atoms. The molecule has 184 valence electrons. The molecule has 3 aromatic rings. The van der Waals surface area contributed by atoms with Crippen LogP contribution in [-0.2, 0) is 14.3 Å². The number of unbranched alkanes of at least 4 members (excludes halogenated alkanes) is 2. The van der Waals surface area contributed by atoms with Crippen LogP contribution in [0, 0.1) is 0 Å². The number of nitrogens with two attached hydrogens (primary N) is 1. The minimum Gasteiger partial charge on any atom is -0.464 e. The number of hydrogen-bond acceptors (Lipinski definition) is 5. The van der Waals surface area contributed by atoms with E-state index in [0.29, 0.717) is 6.61 Å². The van der Waals surface area contributed by atoms with Crippen LogP contribution < -0.4 is 27.0 Å². The maximum atomic E-state index is 11.9. The summed E-state index contributed by atoms with van der Waals surface area (Å²) in [6.45, 7) is 0.158. The molecule has 0 saturated heterocycles. The third kappa shape index (κ3) is 7.41. The van der Waals surface area contributed by atoms with Crippen molar-refractivity contribution in [1.82, 2.24) is 5.32 Å². The molecule has 1 atom stereocenters. The molecule has 5 nitrogen and oxygen atoms in total. The Labute approximate surface area is 214 Å². The Kier molecular flexibility index (Phi) is 10.8. The summed E-state index contributed by atoms with van der Waals surface area (Å²) in [6, 6.07) is 31.7. The number of hydrogen-bond donors (Lipinski definition) is 3. The lowest BCUT2D eigenvalue weighted by atomic mass is 10.3. The van der Waals surface area contributed by atoms with Gasteiger partial charge in [0.1, 0.15) is 29.7 Å². The van der Waals surface area contributed by atoms with Crippen molar-refractivity contribution in [1.29, 1.82) is 0 Å². The van der Waals surface area contributed by atoms with E-state index in [-0.39, 0.29) is 12.3 Å². The van der Waals surface area contributed by atoms with E-state index >= 15 is 0 Å². The zero-order chi connectivity index (χ0) is 24.9. The van der Waals surface area contributed by atoms with Crippen molar-refractivity contribution in [2.24, 2.45) is 5.73 Å². The van der Waals surface area contributed by atoms with Gasteiger partial charge in [-0.15, -0.1) is 0 Å². The fourth-order valence-electron chi connectivity index (χ4n) is 4.12. The van der Waals surface area contributed by atoms with Gasteiger partial charge in [-0.05, 0) is 55.7 Å². The largest absolute Gasteiger partial charge is 0.464 e. The van der Waals surface area contributed by atoms with E-state index < -0.39 is 25.2 Å². The molecule has 0 heterocycles. The summed E-state index contributed by atoms with van der Waals surface area (Å²) in [6.07, 6.45) is 3.76. The third-order valence-electron chi connectivity index (χ3n) is 5.93. The SMILES string of the molecule is NC(CS)C(=O)NCC(=O)OCCCCC[P+](c1ccccc1)(c1ccccc1)c1ccccc1. The molecule has 1 amide bonds. The normalized spacial score (nSPS) is 12.1. The first-order valence-corrected chi connectivity index (χ1v) is 14.5. The number of amides is 1. The van der Waals surface area contributed by atoms with Crippen LogP contribution in [0.5, 0.6) is 0 Å². The van der Waals surface area contributed by atoms with Gasteiger partial charge in [0.2, 0.25) is 5.91 Å². The highest BCUT2D eigenvalue weighted by atomic mass is 32.1. The second-order valence-corrected chi connectivity index (χ2v) is 12.3. The first kappa shape index (κ1) is 26.9. The molecule has 0 aliphatic carbocycles. The van der Waals surface area contributed by atoms with E-state index in [9.17, 15) is 9.59 Å². The number of thiol groups is 1. The molecule has 0 bridgehead atoms. The molecule has 0 saturated carbocycles. The Balaban J connectivity index is 1.63. The van der Waals surface area contributed by atoms with Gasteiger partial charge in [0.15, 0.2) is 0 Å². The minimum atomic E-state index is -1.83. The Morgan fingerprint density at radius 1 is 0.800 bits per heavy atom. The number of rotatable bonds is 13. The highest BCUT2D eigenvalue weighted by Crippen LogP contribution is 2.55. The van der Waals surface area contributed by atoms with Crippen LogP contribution in [-0.4, -0.2) is 43.0 Å². The van der Waals surface area contributed by atoms with E-state index in [2.05, 4.69) is 109 Å². The minimum absolute atomic E-state index is 0.176. The molecule has 3 aromatic carbocycles. The van der Waals surface area contributed by atoms with Crippen molar-refractivity contribution in [3.8, 4) is 0 Å². The Morgan fingerprint density at radius 3 is 1.74 bits per heavy atom. The van der Waals surface area contributed by atoms with Crippen molar-refractivity contribution in [3.05, 3.63) is 91.0 Å². The van der Waals surface area contributed by atoms with Gasteiger partial charge in [0.05, 0.1) is 18.8 Å². The second-order valence-electron chi connectivity index (χ2n) is 8.33. The van der Waals surface area contributed by atoms with Gasteiger partial charge in [-0.3, -0.25) is 9.59 Å². The molecule has 7 heteroatoms. The fraction of sp³-hybridized carbons (Fsp3) is 0.286. The summed E-state index contributed by atoms with van der Waals surface area (Å²) in [7, 11) is -1.83. The molecule has 0 radical (unpaired) electrons. The monoisotopic (exact) mass is 509 g/mol. The standard InChI is InChI=1S/C28H33N2O3PS/c29-26(22-35)28(32)30-21-27(31)33-19-11-4-12-20-34(23-13-5-1-6-14-23,24-15-7-2-8-16-24)25-17-9-3-10-18-25/h1-3,5-10,13-18,26H,4,11-12,19-22,29H2,(H-,30,32,35)/p+1. The summed E-state index contributed by atoms with van der Waals surface area (Å²) in [5.74, 6) is -0.635. The number of nitrogens with one attached hydrogen (secondary N) is 1. The van der Waals surface area contributed by atoms with Gasteiger partial charge in [-0.1, -0.05) is 54.6 Å². The van der Waals surface area contributed by atoms with Gasteiger partial charge in [-0.2, -0.15) is 12.6 Å². The van der Waals surface area contributed by atoms with Crippen molar-refractivity contribution in [3.63, 3.8) is 0 Å². The van der Waals surface area contributed by atoms with Gasteiger partial charge in [0, 0.05) is 5.75 Å². The van der Waals surface area contributed by atoms with Gasteiger partial charge in [0.25, 0.3) is 0 Å². The Hall–Kier alpha value is -2.66. The molecular formula is C28H34N2O3PS+. The Morgan fingerprint density at radius 2 is 1.29 bits per heavy atom. The van der Waals surface area contributed by atoms with Crippen molar-refractivity contribution in [2.45, 2.75) is 25.3 Å². The molecular weight excluding hydrogens is 475 g/mol. The molecule has 1 unspecified atom stereocenters.